The molecule has 1 fully saturated rings. The molecule has 3 aromatic rings. The average molecular weight is 432 g/mol. The predicted molar refractivity (Wildman–Crippen MR) is 128 cm³/mol. The third kappa shape index (κ3) is 5.75. The zero-order valence-corrected chi connectivity index (χ0v) is 18.6. The van der Waals surface area contributed by atoms with Gasteiger partial charge in [-0.25, -0.2) is 4.98 Å². The van der Waals surface area contributed by atoms with Crippen LogP contribution in [0.3, 0.4) is 0 Å². The zero-order chi connectivity index (χ0) is 22.3. The Balaban J connectivity index is 1.31. The summed E-state index contributed by atoms with van der Waals surface area (Å²) < 4.78 is 5.16. The van der Waals surface area contributed by atoms with Crippen molar-refractivity contribution in [3.63, 3.8) is 0 Å². The predicted octanol–water partition coefficient (Wildman–Crippen LogP) is 4.71. The summed E-state index contributed by atoms with van der Waals surface area (Å²) in [4.78, 5) is 23.8. The van der Waals surface area contributed by atoms with Gasteiger partial charge in [-0.2, -0.15) is 4.98 Å². The number of hydrogen-bond donors (Lipinski definition) is 2. The van der Waals surface area contributed by atoms with Crippen LogP contribution in [0.2, 0.25) is 0 Å². The number of ether oxygens (including phenoxy) is 1. The molecule has 1 saturated heterocycles. The van der Waals surface area contributed by atoms with E-state index in [4.69, 9.17) is 4.74 Å². The Hall–Kier alpha value is -3.61. The second-order valence-corrected chi connectivity index (χ2v) is 7.99. The molecule has 166 valence electrons. The zero-order valence-electron chi connectivity index (χ0n) is 18.6. The van der Waals surface area contributed by atoms with Crippen molar-refractivity contribution in [2.75, 3.05) is 35.7 Å². The number of nitrogens with one attached hydrogen (secondary N) is 2. The normalized spacial score (nSPS) is 13.1. The molecule has 0 saturated carbocycles. The number of nitrogens with zero attached hydrogens (tertiary/aromatic N) is 3. The summed E-state index contributed by atoms with van der Waals surface area (Å²) in [5.74, 6) is 2.36. The quantitative estimate of drug-likeness (QED) is 0.538. The minimum Gasteiger partial charge on any atom is -0.497 e. The number of aryl methyl sites for hydroxylation is 2. The monoisotopic (exact) mass is 431 g/mol. The lowest BCUT2D eigenvalue weighted by Gasteiger charge is -2.17. The molecule has 0 radical (unpaired) electrons. The number of methoxy groups -OCH3 is 1. The smallest absolute Gasteiger partial charge is 0.227 e. The Labute approximate surface area is 188 Å². The van der Waals surface area contributed by atoms with Crippen molar-refractivity contribution in [3.05, 3.63) is 65.9 Å². The van der Waals surface area contributed by atoms with Crippen LogP contribution in [0.4, 0.5) is 23.1 Å². The van der Waals surface area contributed by atoms with Crippen LogP contribution in [0.25, 0.3) is 0 Å². The highest BCUT2D eigenvalue weighted by Gasteiger charge is 2.16. The van der Waals surface area contributed by atoms with Crippen molar-refractivity contribution in [1.82, 2.24) is 9.97 Å². The lowest BCUT2D eigenvalue weighted by Crippen LogP contribution is -2.21. The number of anilines is 4. The second kappa shape index (κ2) is 10.1. The SMILES string of the molecule is COc1ccc(CCC(=O)Nc2ccc(Nc3cc(C)nc(N4CCCC4)n3)cc2)cc1. The minimum atomic E-state index is -0.0109. The van der Waals surface area contributed by atoms with Crippen LogP contribution in [0.5, 0.6) is 5.75 Å². The van der Waals surface area contributed by atoms with E-state index in [0.717, 1.165) is 53.2 Å². The molecule has 2 heterocycles. The maximum atomic E-state index is 12.3. The van der Waals surface area contributed by atoms with Gasteiger partial charge in [0.05, 0.1) is 7.11 Å². The van der Waals surface area contributed by atoms with Crippen LogP contribution in [-0.2, 0) is 11.2 Å². The summed E-state index contributed by atoms with van der Waals surface area (Å²) in [5, 5.41) is 6.30. The summed E-state index contributed by atoms with van der Waals surface area (Å²) in [7, 11) is 1.64. The summed E-state index contributed by atoms with van der Waals surface area (Å²) in [6.07, 6.45) is 3.48. The van der Waals surface area contributed by atoms with Crippen molar-refractivity contribution in [3.8, 4) is 5.75 Å². The minimum absolute atomic E-state index is 0.0109. The molecule has 1 aromatic heterocycles. The van der Waals surface area contributed by atoms with Crippen molar-refractivity contribution >= 4 is 29.0 Å². The summed E-state index contributed by atoms with van der Waals surface area (Å²) >= 11 is 0. The van der Waals surface area contributed by atoms with Gasteiger partial charge in [0.1, 0.15) is 11.6 Å². The number of amides is 1. The van der Waals surface area contributed by atoms with Gasteiger partial charge in [-0.3, -0.25) is 4.79 Å². The second-order valence-electron chi connectivity index (χ2n) is 7.99. The topological polar surface area (TPSA) is 79.4 Å². The Bertz CT molecular complexity index is 1040. The Morgan fingerprint density at radius 2 is 1.69 bits per heavy atom. The highest BCUT2D eigenvalue weighted by atomic mass is 16.5. The summed E-state index contributed by atoms with van der Waals surface area (Å²) in [6, 6.07) is 17.4. The first-order chi connectivity index (χ1) is 15.6. The van der Waals surface area contributed by atoms with Gasteiger partial charge in [0, 0.05) is 42.6 Å². The van der Waals surface area contributed by atoms with E-state index >= 15 is 0 Å². The lowest BCUT2D eigenvalue weighted by atomic mass is 10.1. The number of hydrogen-bond acceptors (Lipinski definition) is 6. The fourth-order valence-corrected chi connectivity index (χ4v) is 3.73. The molecular formula is C25H29N5O2. The Morgan fingerprint density at radius 3 is 2.38 bits per heavy atom. The first-order valence-electron chi connectivity index (χ1n) is 11.0. The molecule has 0 spiro atoms. The summed E-state index contributed by atoms with van der Waals surface area (Å²) in [6.45, 7) is 4.00. The molecule has 7 heteroatoms. The first-order valence-corrected chi connectivity index (χ1v) is 11.0. The molecule has 1 aliphatic heterocycles. The van der Waals surface area contributed by atoms with Crippen molar-refractivity contribution in [2.45, 2.75) is 32.6 Å². The molecule has 0 aliphatic carbocycles. The van der Waals surface area contributed by atoms with Crippen LogP contribution < -0.4 is 20.3 Å². The van der Waals surface area contributed by atoms with E-state index in [1.165, 1.54) is 12.8 Å². The van der Waals surface area contributed by atoms with Gasteiger partial charge in [0.15, 0.2) is 0 Å². The van der Waals surface area contributed by atoms with E-state index in [-0.39, 0.29) is 5.91 Å². The van der Waals surface area contributed by atoms with Crippen LogP contribution >= 0.6 is 0 Å². The van der Waals surface area contributed by atoms with E-state index in [0.29, 0.717) is 12.8 Å². The fourth-order valence-electron chi connectivity index (χ4n) is 3.73. The van der Waals surface area contributed by atoms with Gasteiger partial charge < -0.3 is 20.3 Å². The molecule has 2 N–H and O–H groups in total. The molecule has 1 amide bonds. The van der Waals surface area contributed by atoms with Crippen LogP contribution in [0.15, 0.2) is 54.6 Å². The standard InChI is InChI=1S/C25H29N5O2/c1-18-17-23(29-25(26-18)30-15-3-4-16-30)27-20-8-10-21(11-9-20)28-24(31)14-7-19-5-12-22(32-2)13-6-19/h5-6,8-13,17H,3-4,7,14-16H2,1-2H3,(H,28,31)(H,26,27,29). The molecule has 0 bridgehead atoms. The molecule has 32 heavy (non-hydrogen) atoms. The van der Waals surface area contributed by atoms with Crippen molar-refractivity contribution in [2.24, 2.45) is 0 Å². The number of rotatable bonds is 8. The molecule has 1 aliphatic rings. The lowest BCUT2D eigenvalue weighted by molar-refractivity contribution is -0.116. The van der Waals surface area contributed by atoms with E-state index in [2.05, 4.69) is 25.5 Å². The first kappa shape index (κ1) is 21.6. The molecule has 2 aromatic carbocycles. The fraction of sp³-hybridized carbons (Fsp3) is 0.320. The highest BCUT2D eigenvalue weighted by Crippen LogP contribution is 2.22. The molecule has 7 nitrogen and oxygen atoms in total. The summed E-state index contributed by atoms with van der Waals surface area (Å²) in [5.41, 5.74) is 3.72. The maximum absolute atomic E-state index is 12.3. The number of aromatic nitrogens is 2. The van der Waals surface area contributed by atoms with Gasteiger partial charge >= 0.3 is 0 Å². The van der Waals surface area contributed by atoms with E-state index in [1.807, 2.05) is 61.5 Å². The van der Waals surface area contributed by atoms with E-state index in [1.54, 1.807) is 7.11 Å². The maximum Gasteiger partial charge on any atom is 0.227 e. The molecule has 0 unspecified atom stereocenters. The van der Waals surface area contributed by atoms with Gasteiger partial charge in [-0.15, -0.1) is 0 Å². The van der Waals surface area contributed by atoms with Crippen LogP contribution in [0, 0.1) is 6.92 Å². The van der Waals surface area contributed by atoms with Gasteiger partial charge in [0.25, 0.3) is 0 Å². The van der Waals surface area contributed by atoms with E-state index in [9.17, 15) is 4.79 Å². The molecule has 0 atom stereocenters. The van der Waals surface area contributed by atoms with E-state index < -0.39 is 0 Å². The molecule has 4 rings (SSSR count). The van der Waals surface area contributed by atoms with Crippen molar-refractivity contribution in [1.29, 1.82) is 0 Å². The van der Waals surface area contributed by atoms with Gasteiger partial charge in [-0.1, -0.05) is 12.1 Å². The van der Waals surface area contributed by atoms with Crippen LogP contribution in [-0.4, -0.2) is 36.1 Å². The highest BCUT2D eigenvalue weighted by molar-refractivity contribution is 5.91. The molecular weight excluding hydrogens is 402 g/mol. The Kier molecular flexibility index (Phi) is 6.84. The number of benzene rings is 2. The average Bonchev–Trinajstić information content (AvgIpc) is 3.34. The number of carbonyl (C=O) groups excluding carboxylic acids is 1. The van der Waals surface area contributed by atoms with Gasteiger partial charge in [-0.05, 0) is 68.1 Å². The third-order valence-corrected chi connectivity index (χ3v) is 5.47. The largest absolute Gasteiger partial charge is 0.497 e. The van der Waals surface area contributed by atoms with Crippen LogP contribution in [0.1, 0.15) is 30.5 Å². The Morgan fingerprint density at radius 1 is 1.00 bits per heavy atom. The van der Waals surface area contributed by atoms with Gasteiger partial charge in [0.2, 0.25) is 11.9 Å². The number of carbonyl (C=O) groups is 1. The van der Waals surface area contributed by atoms with Crippen molar-refractivity contribution < 1.29 is 9.53 Å². The third-order valence-electron chi connectivity index (χ3n) is 5.47.